The molecule has 1 aromatic carbocycles. The Labute approximate surface area is 121 Å². The lowest BCUT2D eigenvalue weighted by atomic mass is 10.2. The molecule has 0 unspecified atom stereocenters. The standard InChI is InChI=1S/C14H13ClN4O/c1-20-12-7-6-11-13(18-12)19(14(16)17-11)8-9-2-4-10(15)5-3-9/h2-7H,8H2,1H3,(H2,16,17). The highest BCUT2D eigenvalue weighted by Gasteiger charge is 2.11. The zero-order valence-electron chi connectivity index (χ0n) is 10.9. The molecule has 0 radical (unpaired) electrons. The highest BCUT2D eigenvalue weighted by molar-refractivity contribution is 6.30. The second kappa shape index (κ2) is 5.02. The highest BCUT2D eigenvalue weighted by Crippen LogP contribution is 2.21. The molecule has 0 atom stereocenters. The van der Waals surface area contributed by atoms with Crippen LogP contribution in [0.1, 0.15) is 5.56 Å². The number of pyridine rings is 1. The first-order chi connectivity index (χ1) is 9.67. The van der Waals surface area contributed by atoms with Crippen LogP contribution in [0.2, 0.25) is 5.02 Å². The fourth-order valence-electron chi connectivity index (χ4n) is 2.04. The van der Waals surface area contributed by atoms with Gasteiger partial charge in [-0.1, -0.05) is 23.7 Å². The van der Waals surface area contributed by atoms with Crippen molar-refractivity contribution in [1.29, 1.82) is 0 Å². The third kappa shape index (κ3) is 2.28. The lowest BCUT2D eigenvalue weighted by molar-refractivity contribution is 0.399. The number of imidazole rings is 1. The van der Waals surface area contributed by atoms with Crippen molar-refractivity contribution in [3.8, 4) is 5.88 Å². The molecule has 102 valence electrons. The van der Waals surface area contributed by atoms with E-state index >= 15 is 0 Å². The molecule has 2 aromatic heterocycles. The third-order valence-electron chi connectivity index (χ3n) is 3.06. The van der Waals surface area contributed by atoms with Crippen LogP contribution in [-0.2, 0) is 6.54 Å². The molecule has 3 rings (SSSR count). The highest BCUT2D eigenvalue weighted by atomic mass is 35.5. The van der Waals surface area contributed by atoms with Crippen molar-refractivity contribution in [3.63, 3.8) is 0 Å². The molecule has 20 heavy (non-hydrogen) atoms. The summed E-state index contributed by atoms with van der Waals surface area (Å²) in [6.07, 6.45) is 0. The number of hydrogen-bond donors (Lipinski definition) is 1. The lowest BCUT2D eigenvalue weighted by Crippen LogP contribution is -2.05. The number of nitrogens with zero attached hydrogens (tertiary/aromatic N) is 3. The number of halogens is 1. The molecule has 0 bridgehead atoms. The molecule has 0 aliphatic rings. The Morgan fingerprint density at radius 2 is 1.90 bits per heavy atom. The number of hydrogen-bond acceptors (Lipinski definition) is 4. The summed E-state index contributed by atoms with van der Waals surface area (Å²) in [6, 6.07) is 11.2. The maximum Gasteiger partial charge on any atom is 0.215 e. The van der Waals surface area contributed by atoms with Gasteiger partial charge in [-0.2, -0.15) is 4.98 Å². The maximum atomic E-state index is 5.97. The number of methoxy groups -OCH3 is 1. The molecule has 0 saturated carbocycles. The monoisotopic (exact) mass is 288 g/mol. The van der Waals surface area contributed by atoms with Gasteiger partial charge in [-0.15, -0.1) is 0 Å². The van der Waals surface area contributed by atoms with E-state index in [0.717, 1.165) is 11.1 Å². The summed E-state index contributed by atoms with van der Waals surface area (Å²) in [4.78, 5) is 8.70. The summed E-state index contributed by atoms with van der Waals surface area (Å²) >= 11 is 5.89. The van der Waals surface area contributed by atoms with Crippen LogP contribution in [-0.4, -0.2) is 21.6 Å². The molecule has 0 aliphatic carbocycles. The molecule has 0 fully saturated rings. The van der Waals surface area contributed by atoms with Crippen LogP contribution in [0.15, 0.2) is 36.4 Å². The van der Waals surface area contributed by atoms with E-state index in [1.165, 1.54) is 0 Å². The fourth-order valence-corrected chi connectivity index (χ4v) is 2.17. The van der Waals surface area contributed by atoms with E-state index in [1.807, 2.05) is 34.9 Å². The average Bonchev–Trinajstić information content (AvgIpc) is 2.77. The van der Waals surface area contributed by atoms with Crippen LogP contribution >= 0.6 is 11.6 Å². The van der Waals surface area contributed by atoms with Gasteiger partial charge >= 0.3 is 0 Å². The van der Waals surface area contributed by atoms with Crippen LogP contribution in [0.5, 0.6) is 5.88 Å². The Bertz CT molecular complexity index is 752. The summed E-state index contributed by atoms with van der Waals surface area (Å²) in [5.74, 6) is 0.963. The summed E-state index contributed by atoms with van der Waals surface area (Å²) in [5, 5.41) is 0.706. The van der Waals surface area contributed by atoms with E-state index in [2.05, 4.69) is 9.97 Å². The summed E-state index contributed by atoms with van der Waals surface area (Å²) < 4.78 is 6.99. The van der Waals surface area contributed by atoms with Crippen molar-refractivity contribution < 1.29 is 4.74 Å². The Hall–Kier alpha value is -2.27. The Morgan fingerprint density at radius 1 is 1.15 bits per heavy atom. The molecule has 0 amide bonds. The minimum absolute atomic E-state index is 0.427. The fraction of sp³-hybridized carbons (Fsp3) is 0.143. The topological polar surface area (TPSA) is 66.0 Å². The van der Waals surface area contributed by atoms with Crippen LogP contribution in [0.3, 0.4) is 0 Å². The molecular formula is C14H13ClN4O. The number of nitrogens with two attached hydrogens (primary N) is 1. The van der Waals surface area contributed by atoms with E-state index in [0.29, 0.717) is 29.0 Å². The smallest absolute Gasteiger partial charge is 0.215 e. The van der Waals surface area contributed by atoms with Crippen molar-refractivity contribution in [1.82, 2.24) is 14.5 Å². The number of anilines is 1. The van der Waals surface area contributed by atoms with Crippen LogP contribution in [0, 0.1) is 0 Å². The minimum atomic E-state index is 0.427. The van der Waals surface area contributed by atoms with Crippen molar-refractivity contribution in [2.75, 3.05) is 12.8 Å². The maximum absolute atomic E-state index is 5.97. The largest absolute Gasteiger partial charge is 0.481 e. The predicted molar refractivity (Wildman–Crippen MR) is 79.0 cm³/mol. The molecule has 0 saturated heterocycles. The quantitative estimate of drug-likeness (QED) is 0.805. The predicted octanol–water partition coefficient (Wildman–Crippen LogP) is 2.72. The molecule has 6 heteroatoms. The van der Waals surface area contributed by atoms with E-state index in [4.69, 9.17) is 22.1 Å². The zero-order valence-corrected chi connectivity index (χ0v) is 11.6. The Kier molecular flexibility index (Phi) is 3.20. The molecule has 2 heterocycles. The van der Waals surface area contributed by atoms with Crippen molar-refractivity contribution in [2.24, 2.45) is 0 Å². The van der Waals surface area contributed by atoms with Gasteiger partial charge in [0.05, 0.1) is 13.7 Å². The number of ether oxygens (including phenoxy) is 1. The van der Waals surface area contributed by atoms with Gasteiger partial charge in [-0.3, -0.25) is 4.57 Å². The summed E-state index contributed by atoms with van der Waals surface area (Å²) in [5.41, 5.74) is 8.49. The second-order valence-electron chi connectivity index (χ2n) is 4.38. The molecule has 0 aliphatic heterocycles. The number of rotatable bonds is 3. The number of nitrogen functional groups attached to an aromatic ring is 1. The number of benzene rings is 1. The minimum Gasteiger partial charge on any atom is -0.481 e. The molecule has 0 spiro atoms. The third-order valence-corrected chi connectivity index (χ3v) is 3.31. The average molecular weight is 289 g/mol. The van der Waals surface area contributed by atoms with Gasteiger partial charge in [0.1, 0.15) is 5.52 Å². The van der Waals surface area contributed by atoms with Crippen LogP contribution < -0.4 is 10.5 Å². The molecule has 5 nitrogen and oxygen atoms in total. The van der Waals surface area contributed by atoms with Crippen molar-refractivity contribution in [2.45, 2.75) is 6.54 Å². The molecule has 3 aromatic rings. The first kappa shape index (κ1) is 12.7. The van der Waals surface area contributed by atoms with E-state index in [-0.39, 0.29) is 0 Å². The Morgan fingerprint density at radius 3 is 2.60 bits per heavy atom. The SMILES string of the molecule is COc1ccc2nc(N)n(Cc3ccc(Cl)cc3)c2n1. The van der Waals surface area contributed by atoms with Gasteiger partial charge in [-0.25, -0.2) is 4.98 Å². The molecular weight excluding hydrogens is 276 g/mol. The lowest BCUT2D eigenvalue weighted by Gasteiger charge is -2.06. The van der Waals surface area contributed by atoms with Crippen LogP contribution in [0.4, 0.5) is 5.95 Å². The van der Waals surface area contributed by atoms with Gasteiger partial charge in [0.15, 0.2) is 5.65 Å². The Balaban J connectivity index is 2.05. The van der Waals surface area contributed by atoms with Gasteiger partial charge in [-0.05, 0) is 23.8 Å². The number of fused-ring (bicyclic) bond motifs is 1. The first-order valence-electron chi connectivity index (χ1n) is 6.08. The van der Waals surface area contributed by atoms with E-state index in [9.17, 15) is 0 Å². The van der Waals surface area contributed by atoms with Crippen LogP contribution in [0.25, 0.3) is 11.2 Å². The molecule has 2 N–H and O–H groups in total. The second-order valence-corrected chi connectivity index (χ2v) is 4.82. The van der Waals surface area contributed by atoms with Gasteiger partial charge < -0.3 is 10.5 Å². The van der Waals surface area contributed by atoms with Gasteiger partial charge in [0.25, 0.3) is 0 Å². The van der Waals surface area contributed by atoms with Gasteiger partial charge in [0.2, 0.25) is 11.8 Å². The van der Waals surface area contributed by atoms with E-state index < -0.39 is 0 Å². The normalized spacial score (nSPS) is 10.9. The summed E-state index contributed by atoms with van der Waals surface area (Å²) in [6.45, 7) is 0.583. The van der Waals surface area contributed by atoms with Crippen molar-refractivity contribution >= 4 is 28.7 Å². The van der Waals surface area contributed by atoms with E-state index in [1.54, 1.807) is 13.2 Å². The first-order valence-corrected chi connectivity index (χ1v) is 6.46. The van der Waals surface area contributed by atoms with Gasteiger partial charge in [0, 0.05) is 11.1 Å². The van der Waals surface area contributed by atoms with Crippen molar-refractivity contribution in [3.05, 3.63) is 47.0 Å². The zero-order chi connectivity index (χ0) is 14.1. The number of aromatic nitrogens is 3. The summed E-state index contributed by atoms with van der Waals surface area (Å²) in [7, 11) is 1.58.